The van der Waals surface area contributed by atoms with Gasteiger partial charge in [0, 0.05) is 12.6 Å². The van der Waals surface area contributed by atoms with Crippen LogP contribution in [0.2, 0.25) is 5.02 Å². The van der Waals surface area contributed by atoms with Gasteiger partial charge in [0.1, 0.15) is 23.9 Å². The van der Waals surface area contributed by atoms with Gasteiger partial charge in [-0.15, -0.1) is 0 Å². The van der Waals surface area contributed by atoms with Gasteiger partial charge < -0.3 is 14.2 Å². The number of halogens is 1. The summed E-state index contributed by atoms with van der Waals surface area (Å²) >= 11 is 6.39. The number of ketones is 1. The van der Waals surface area contributed by atoms with Crippen molar-refractivity contribution >= 4 is 23.5 Å². The Kier molecular flexibility index (Phi) is 6.07. The van der Waals surface area contributed by atoms with E-state index in [4.69, 9.17) is 25.8 Å². The van der Waals surface area contributed by atoms with Gasteiger partial charge in [0.05, 0.1) is 17.7 Å². The van der Waals surface area contributed by atoms with Crippen LogP contribution >= 0.6 is 11.6 Å². The summed E-state index contributed by atoms with van der Waals surface area (Å²) in [4.78, 5) is 15.0. The number of nitrogens with zero attached hydrogens (tertiary/aromatic N) is 1. The highest BCUT2D eigenvalue weighted by molar-refractivity contribution is 6.32. The first-order valence-corrected chi connectivity index (χ1v) is 10.3. The molecule has 2 aromatic rings. The summed E-state index contributed by atoms with van der Waals surface area (Å²) in [5.41, 5.74) is 1.31. The molecule has 152 valence electrons. The number of hydrogen-bond acceptors (Lipinski definition) is 5. The molecule has 0 N–H and O–H groups in total. The number of benzene rings is 2. The summed E-state index contributed by atoms with van der Waals surface area (Å²) in [6.45, 7) is 3.81. The zero-order valence-electron chi connectivity index (χ0n) is 16.4. The monoisotopic (exact) mass is 413 g/mol. The molecule has 0 amide bonds. The molecule has 2 aromatic carbocycles. The van der Waals surface area contributed by atoms with Crippen LogP contribution in [0.4, 0.5) is 0 Å². The Morgan fingerprint density at radius 1 is 1.14 bits per heavy atom. The summed E-state index contributed by atoms with van der Waals surface area (Å²) in [7, 11) is 1.58. The molecular weight excluding hydrogens is 390 g/mol. The second-order valence-electron chi connectivity index (χ2n) is 7.24. The minimum atomic E-state index is -0.152. The standard InChI is InChI=1S/C23H24ClNO4/c1-27-17-6-7-18-21(15-17)29-22(23(18)26)14-16-5-8-20(19(24)13-16)28-12-11-25-9-3-2-4-10-25/h5-8,13-15H,2-4,9-12H2,1H3/b22-14-. The molecule has 4 rings (SSSR count). The molecule has 0 aliphatic carbocycles. The van der Waals surface area contributed by atoms with Gasteiger partial charge in [0.25, 0.3) is 0 Å². The number of ether oxygens (including phenoxy) is 3. The van der Waals surface area contributed by atoms with Crippen LogP contribution in [0.25, 0.3) is 6.08 Å². The van der Waals surface area contributed by atoms with Crippen LogP contribution in [-0.4, -0.2) is 44.0 Å². The molecule has 0 atom stereocenters. The number of piperidine rings is 1. The first-order valence-electron chi connectivity index (χ1n) is 9.91. The Balaban J connectivity index is 1.40. The molecule has 0 unspecified atom stereocenters. The fourth-order valence-corrected chi connectivity index (χ4v) is 3.88. The van der Waals surface area contributed by atoms with Crippen molar-refractivity contribution in [3.63, 3.8) is 0 Å². The molecule has 0 aromatic heterocycles. The van der Waals surface area contributed by atoms with Gasteiger partial charge in [-0.2, -0.15) is 0 Å². The molecule has 0 bridgehead atoms. The van der Waals surface area contributed by atoms with Crippen molar-refractivity contribution in [2.45, 2.75) is 19.3 Å². The van der Waals surface area contributed by atoms with E-state index in [0.717, 1.165) is 25.2 Å². The van der Waals surface area contributed by atoms with Crippen LogP contribution < -0.4 is 14.2 Å². The van der Waals surface area contributed by atoms with Crippen molar-refractivity contribution in [3.05, 3.63) is 58.3 Å². The average molecular weight is 414 g/mol. The minimum Gasteiger partial charge on any atom is -0.497 e. The van der Waals surface area contributed by atoms with E-state index < -0.39 is 0 Å². The van der Waals surface area contributed by atoms with Gasteiger partial charge in [0.2, 0.25) is 5.78 Å². The Bertz CT molecular complexity index is 934. The molecule has 2 aliphatic rings. The summed E-state index contributed by atoms with van der Waals surface area (Å²) < 4.78 is 16.8. The normalized spacial score (nSPS) is 17.9. The number of carbonyl (C=O) groups is 1. The van der Waals surface area contributed by atoms with Gasteiger partial charge in [-0.1, -0.05) is 24.1 Å². The van der Waals surface area contributed by atoms with Crippen molar-refractivity contribution in [2.24, 2.45) is 0 Å². The number of likely N-dealkylation sites (tertiary alicyclic amines) is 1. The summed E-state index contributed by atoms with van der Waals surface area (Å²) in [6, 6.07) is 10.7. The van der Waals surface area contributed by atoms with E-state index in [2.05, 4.69) is 4.90 Å². The fourth-order valence-electron chi connectivity index (χ4n) is 3.64. The van der Waals surface area contributed by atoms with E-state index in [0.29, 0.717) is 34.4 Å². The Morgan fingerprint density at radius 2 is 1.97 bits per heavy atom. The van der Waals surface area contributed by atoms with Crippen molar-refractivity contribution < 1.29 is 19.0 Å². The third kappa shape index (κ3) is 4.57. The topological polar surface area (TPSA) is 48.0 Å². The number of allylic oxidation sites excluding steroid dienone is 1. The van der Waals surface area contributed by atoms with E-state index in [1.54, 1.807) is 37.5 Å². The van der Waals surface area contributed by atoms with Crippen LogP contribution in [-0.2, 0) is 0 Å². The van der Waals surface area contributed by atoms with E-state index >= 15 is 0 Å². The lowest BCUT2D eigenvalue weighted by Gasteiger charge is -2.26. The third-order valence-corrected chi connectivity index (χ3v) is 5.54. The molecule has 1 fully saturated rings. The van der Waals surface area contributed by atoms with Crippen molar-refractivity contribution in [3.8, 4) is 17.2 Å². The molecule has 0 saturated carbocycles. The van der Waals surface area contributed by atoms with Gasteiger partial charge >= 0.3 is 0 Å². The largest absolute Gasteiger partial charge is 0.497 e. The van der Waals surface area contributed by atoms with Crippen LogP contribution in [0.1, 0.15) is 35.2 Å². The maximum Gasteiger partial charge on any atom is 0.231 e. The highest BCUT2D eigenvalue weighted by Gasteiger charge is 2.27. The van der Waals surface area contributed by atoms with Crippen molar-refractivity contribution in [1.82, 2.24) is 4.90 Å². The third-order valence-electron chi connectivity index (χ3n) is 5.24. The summed E-state index contributed by atoms with van der Waals surface area (Å²) in [5.74, 6) is 1.91. The molecule has 2 aliphatic heterocycles. The zero-order valence-corrected chi connectivity index (χ0v) is 17.2. The SMILES string of the molecule is COc1ccc2c(c1)O/C(=C\c1ccc(OCCN3CCCCC3)c(Cl)c1)C2=O. The van der Waals surface area contributed by atoms with Gasteiger partial charge in [-0.05, 0) is 61.8 Å². The van der Waals surface area contributed by atoms with Crippen molar-refractivity contribution in [2.75, 3.05) is 33.4 Å². The van der Waals surface area contributed by atoms with Gasteiger partial charge in [-0.3, -0.25) is 9.69 Å². The lowest BCUT2D eigenvalue weighted by atomic mass is 10.1. The lowest BCUT2D eigenvalue weighted by molar-refractivity contribution is 0.101. The zero-order chi connectivity index (χ0) is 20.2. The minimum absolute atomic E-state index is 0.152. The maximum absolute atomic E-state index is 12.5. The molecule has 1 saturated heterocycles. The predicted octanol–water partition coefficient (Wildman–Crippen LogP) is 4.83. The first kappa shape index (κ1) is 19.8. The molecule has 6 heteroatoms. The number of hydrogen-bond donors (Lipinski definition) is 0. The Labute approximate surface area is 175 Å². The van der Waals surface area contributed by atoms with Crippen LogP contribution in [0.5, 0.6) is 17.2 Å². The first-order chi connectivity index (χ1) is 14.1. The quantitative estimate of drug-likeness (QED) is 0.635. The lowest BCUT2D eigenvalue weighted by Crippen LogP contribution is -2.33. The van der Waals surface area contributed by atoms with Gasteiger partial charge in [0.15, 0.2) is 5.76 Å². The number of methoxy groups -OCH3 is 1. The van der Waals surface area contributed by atoms with Crippen LogP contribution in [0.3, 0.4) is 0 Å². The molecule has 29 heavy (non-hydrogen) atoms. The van der Waals surface area contributed by atoms with Gasteiger partial charge in [-0.25, -0.2) is 0 Å². The molecule has 2 heterocycles. The highest BCUT2D eigenvalue weighted by atomic mass is 35.5. The fraction of sp³-hybridized carbons (Fsp3) is 0.348. The van der Waals surface area contributed by atoms with Crippen molar-refractivity contribution in [1.29, 1.82) is 0 Å². The summed E-state index contributed by atoms with van der Waals surface area (Å²) in [5, 5.41) is 0.516. The maximum atomic E-state index is 12.5. The Morgan fingerprint density at radius 3 is 2.72 bits per heavy atom. The number of carbonyl (C=O) groups excluding carboxylic acids is 1. The van der Waals surface area contributed by atoms with E-state index in [1.165, 1.54) is 19.3 Å². The number of fused-ring (bicyclic) bond motifs is 1. The van der Waals surface area contributed by atoms with E-state index in [9.17, 15) is 4.79 Å². The second-order valence-corrected chi connectivity index (χ2v) is 7.65. The number of Topliss-reactive ketones (excluding diaryl/α,β-unsaturated/α-hetero) is 1. The Hall–Kier alpha value is -2.50. The highest BCUT2D eigenvalue weighted by Crippen LogP contribution is 2.35. The van der Waals surface area contributed by atoms with E-state index in [1.807, 2.05) is 12.1 Å². The average Bonchev–Trinajstić information content (AvgIpc) is 3.05. The predicted molar refractivity (Wildman–Crippen MR) is 113 cm³/mol. The molecule has 0 radical (unpaired) electrons. The van der Waals surface area contributed by atoms with E-state index in [-0.39, 0.29) is 11.5 Å². The number of rotatable bonds is 6. The molecule has 0 spiro atoms. The summed E-state index contributed by atoms with van der Waals surface area (Å²) in [6.07, 6.45) is 5.55. The molecular formula is C23H24ClNO4. The molecule has 5 nitrogen and oxygen atoms in total. The van der Waals surface area contributed by atoms with Crippen LogP contribution in [0, 0.1) is 0 Å². The van der Waals surface area contributed by atoms with Crippen LogP contribution in [0.15, 0.2) is 42.2 Å². The smallest absolute Gasteiger partial charge is 0.231 e. The second kappa shape index (κ2) is 8.89.